The van der Waals surface area contributed by atoms with E-state index in [4.69, 9.17) is 11.6 Å². The van der Waals surface area contributed by atoms with E-state index in [1.165, 1.54) is 6.92 Å². The lowest BCUT2D eigenvalue weighted by Crippen LogP contribution is -2.14. The Labute approximate surface area is 128 Å². The Hall–Kier alpha value is -2.07. The predicted molar refractivity (Wildman–Crippen MR) is 84.4 cm³/mol. The molecule has 1 aromatic heterocycles. The van der Waals surface area contributed by atoms with Crippen molar-refractivity contribution >= 4 is 29.0 Å². The van der Waals surface area contributed by atoms with E-state index >= 15 is 0 Å². The van der Waals surface area contributed by atoms with Gasteiger partial charge >= 0.3 is 0 Å². The summed E-state index contributed by atoms with van der Waals surface area (Å²) >= 11 is 5.90. The number of carbonyl (C=O) groups excluding carboxylic acids is 2. The highest BCUT2D eigenvalue weighted by atomic mass is 35.5. The lowest BCUT2D eigenvalue weighted by Gasteiger charge is -2.08. The van der Waals surface area contributed by atoms with Crippen LogP contribution in [0.4, 0.5) is 5.69 Å². The molecule has 1 heterocycles. The molecule has 0 spiro atoms. The first-order chi connectivity index (χ1) is 9.81. The van der Waals surface area contributed by atoms with Gasteiger partial charge in [-0.1, -0.05) is 11.6 Å². The van der Waals surface area contributed by atoms with Crippen molar-refractivity contribution in [1.82, 2.24) is 4.98 Å². The number of benzene rings is 1. The number of Topliss-reactive ketones (excluding diaryl/α,β-unsaturated/α-hetero) is 1. The van der Waals surface area contributed by atoms with E-state index in [9.17, 15) is 9.59 Å². The Morgan fingerprint density at radius 1 is 1.19 bits per heavy atom. The molecule has 110 valence electrons. The van der Waals surface area contributed by atoms with E-state index in [0.717, 1.165) is 5.56 Å². The monoisotopic (exact) mass is 304 g/mol. The van der Waals surface area contributed by atoms with E-state index < -0.39 is 0 Å². The Balaban J connectivity index is 2.33. The van der Waals surface area contributed by atoms with Crippen LogP contribution in [-0.4, -0.2) is 16.7 Å². The van der Waals surface area contributed by atoms with E-state index in [1.807, 2.05) is 6.92 Å². The SMILES string of the molecule is CC(=O)c1c(C)[nH]c(C(=O)Nc2ccc(Cl)cc2C)c1C. The quantitative estimate of drug-likeness (QED) is 0.840. The van der Waals surface area contributed by atoms with Gasteiger partial charge in [0, 0.05) is 22.0 Å². The summed E-state index contributed by atoms with van der Waals surface area (Å²) in [6.07, 6.45) is 0. The fourth-order valence-corrected chi connectivity index (χ4v) is 2.68. The minimum Gasteiger partial charge on any atom is -0.354 e. The molecule has 1 amide bonds. The average molecular weight is 305 g/mol. The van der Waals surface area contributed by atoms with Gasteiger partial charge in [0.25, 0.3) is 5.91 Å². The second-order valence-electron chi connectivity index (χ2n) is 5.09. The lowest BCUT2D eigenvalue weighted by molar-refractivity contribution is 0.101. The molecular weight excluding hydrogens is 288 g/mol. The number of hydrogen-bond donors (Lipinski definition) is 2. The first-order valence-electron chi connectivity index (χ1n) is 6.59. The molecule has 0 saturated carbocycles. The first kappa shape index (κ1) is 15.3. The van der Waals surface area contributed by atoms with Crippen LogP contribution < -0.4 is 5.32 Å². The van der Waals surface area contributed by atoms with Crippen molar-refractivity contribution < 1.29 is 9.59 Å². The molecule has 2 aromatic rings. The Morgan fingerprint density at radius 3 is 2.38 bits per heavy atom. The molecule has 5 heteroatoms. The summed E-state index contributed by atoms with van der Waals surface area (Å²) in [5, 5.41) is 3.46. The average Bonchev–Trinajstić information content (AvgIpc) is 2.68. The van der Waals surface area contributed by atoms with E-state index in [0.29, 0.717) is 33.2 Å². The molecule has 0 aliphatic rings. The number of H-pyrrole nitrogens is 1. The number of carbonyl (C=O) groups is 2. The van der Waals surface area contributed by atoms with E-state index in [2.05, 4.69) is 10.3 Å². The molecule has 0 bridgehead atoms. The molecule has 0 fully saturated rings. The van der Waals surface area contributed by atoms with Gasteiger partial charge in [-0.3, -0.25) is 9.59 Å². The number of aromatic amines is 1. The summed E-state index contributed by atoms with van der Waals surface area (Å²) in [4.78, 5) is 27.0. The Morgan fingerprint density at radius 2 is 1.86 bits per heavy atom. The molecule has 2 N–H and O–H groups in total. The van der Waals surface area contributed by atoms with Gasteiger partial charge in [-0.2, -0.15) is 0 Å². The third kappa shape index (κ3) is 3.00. The van der Waals surface area contributed by atoms with Gasteiger partial charge < -0.3 is 10.3 Å². The molecule has 21 heavy (non-hydrogen) atoms. The fourth-order valence-electron chi connectivity index (χ4n) is 2.46. The van der Waals surface area contributed by atoms with Crippen molar-refractivity contribution in [2.75, 3.05) is 5.32 Å². The van der Waals surface area contributed by atoms with Crippen LogP contribution in [0, 0.1) is 20.8 Å². The molecule has 0 aliphatic carbocycles. The van der Waals surface area contributed by atoms with Gasteiger partial charge in [0.05, 0.1) is 0 Å². The molecule has 4 nitrogen and oxygen atoms in total. The zero-order valence-electron chi connectivity index (χ0n) is 12.4. The molecule has 2 rings (SSSR count). The number of nitrogens with one attached hydrogen (secondary N) is 2. The van der Waals surface area contributed by atoms with Crippen molar-refractivity contribution in [2.24, 2.45) is 0 Å². The van der Waals surface area contributed by atoms with Crippen LogP contribution in [0.1, 0.15) is 44.6 Å². The number of rotatable bonds is 3. The highest BCUT2D eigenvalue weighted by Crippen LogP contribution is 2.22. The molecule has 0 aliphatic heterocycles. The maximum absolute atomic E-state index is 12.4. The second-order valence-corrected chi connectivity index (χ2v) is 5.53. The topological polar surface area (TPSA) is 62.0 Å². The van der Waals surface area contributed by atoms with Gasteiger partial charge in [-0.15, -0.1) is 0 Å². The highest BCUT2D eigenvalue weighted by molar-refractivity contribution is 6.30. The third-order valence-electron chi connectivity index (χ3n) is 3.45. The van der Waals surface area contributed by atoms with Crippen LogP contribution in [-0.2, 0) is 0 Å². The molecule has 0 saturated heterocycles. The molecule has 0 unspecified atom stereocenters. The standard InChI is InChI=1S/C16H17ClN2O2/c1-8-7-12(17)5-6-13(8)19-16(21)15-9(2)14(11(4)20)10(3)18-15/h5-7,18H,1-4H3,(H,19,21). The number of aryl methyl sites for hydroxylation is 2. The van der Waals surface area contributed by atoms with Gasteiger partial charge in [-0.05, 0) is 57.0 Å². The van der Waals surface area contributed by atoms with Crippen LogP contribution in [0.5, 0.6) is 0 Å². The van der Waals surface area contributed by atoms with E-state index in [1.54, 1.807) is 32.0 Å². The summed E-state index contributed by atoms with van der Waals surface area (Å²) in [5.74, 6) is -0.323. The fraction of sp³-hybridized carbons (Fsp3) is 0.250. The van der Waals surface area contributed by atoms with Crippen molar-refractivity contribution in [2.45, 2.75) is 27.7 Å². The summed E-state index contributed by atoms with van der Waals surface area (Å²) in [6.45, 7) is 6.92. The number of ketones is 1. The van der Waals surface area contributed by atoms with Crippen molar-refractivity contribution in [3.63, 3.8) is 0 Å². The summed E-state index contributed by atoms with van der Waals surface area (Å²) in [6, 6.07) is 5.26. The second kappa shape index (κ2) is 5.74. The highest BCUT2D eigenvalue weighted by Gasteiger charge is 2.20. The van der Waals surface area contributed by atoms with Crippen molar-refractivity contribution in [1.29, 1.82) is 0 Å². The number of halogens is 1. The third-order valence-corrected chi connectivity index (χ3v) is 3.69. The minimum atomic E-state index is -0.270. The van der Waals surface area contributed by atoms with Crippen LogP contribution in [0.15, 0.2) is 18.2 Å². The molecular formula is C16H17ClN2O2. The maximum atomic E-state index is 12.4. The zero-order valence-corrected chi connectivity index (χ0v) is 13.2. The lowest BCUT2D eigenvalue weighted by atomic mass is 10.1. The number of aromatic nitrogens is 1. The van der Waals surface area contributed by atoms with Crippen LogP contribution in [0.25, 0.3) is 0 Å². The number of hydrogen-bond acceptors (Lipinski definition) is 2. The molecule has 1 aromatic carbocycles. The Bertz CT molecular complexity index is 732. The van der Waals surface area contributed by atoms with Crippen LogP contribution in [0.2, 0.25) is 5.02 Å². The van der Waals surface area contributed by atoms with Crippen LogP contribution in [0.3, 0.4) is 0 Å². The van der Waals surface area contributed by atoms with Gasteiger partial charge in [0.15, 0.2) is 5.78 Å². The van der Waals surface area contributed by atoms with Gasteiger partial charge in [0.1, 0.15) is 5.69 Å². The normalized spacial score (nSPS) is 10.5. The van der Waals surface area contributed by atoms with Gasteiger partial charge in [0.2, 0.25) is 0 Å². The molecule has 0 atom stereocenters. The predicted octanol–water partition coefficient (Wildman–Crippen LogP) is 4.05. The first-order valence-corrected chi connectivity index (χ1v) is 6.96. The maximum Gasteiger partial charge on any atom is 0.272 e. The van der Waals surface area contributed by atoms with E-state index in [-0.39, 0.29) is 11.7 Å². The summed E-state index contributed by atoms with van der Waals surface area (Å²) in [5.41, 5.74) is 3.94. The Kier molecular flexibility index (Phi) is 4.19. The summed E-state index contributed by atoms with van der Waals surface area (Å²) < 4.78 is 0. The number of amides is 1. The largest absolute Gasteiger partial charge is 0.354 e. The van der Waals surface area contributed by atoms with Gasteiger partial charge in [-0.25, -0.2) is 0 Å². The van der Waals surface area contributed by atoms with Crippen molar-refractivity contribution in [3.8, 4) is 0 Å². The number of anilines is 1. The molecule has 0 radical (unpaired) electrons. The van der Waals surface area contributed by atoms with Crippen molar-refractivity contribution in [3.05, 3.63) is 51.3 Å². The smallest absolute Gasteiger partial charge is 0.272 e. The minimum absolute atomic E-state index is 0.0528. The summed E-state index contributed by atoms with van der Waals surface area (Å²) in [7, 11) is 0. The zero-order chi connectivity index (χ0) is 15.7. The van der Waals surface area contributed by atoms with Crippen LogP contribution >= 0.6 is 11.6 Å².